The van der Waals surface area contributed by atoms with Crippen molar-refractivity contribution in [3.8, 4) is 0 Å². The molecule has 3 nitrogen and oxygen atoms in total. The largest absolute Gasteiger partial charge is 0.508 e. The van der Waals surface area contributed by atoms with E-state index in [0.29, 0.717) is 13.2 Å². The van der Waals surface area contributed by atoms with Crippen LogP contribution in [0.1, 0.15) is 142 Å². The van der Waals surface area contributed by atoms with Gasteiger partial charge in [0, 0.05) is 0 Å². The van der Waals surface area contributed by atoms with Crippen LogP contribution in [-0.2, 0) is 9.47 Å². The molecule has 0 amide bonds. The lowest BCUT2D eigenvalue weighted by Gasteiger charge is -2.06. The van der Waals surface area contributed by atoms with Crippen molar-refractivity contribution in [2.75, 3.05) is 13.2 Å². The Balaban J connectivity index is 3.25. The van der Waals surface area contributed by atoms with Gasteiger partial charge in [0.05, 0.1) is 13.2 Å². The highest BCUT2D eigenvalue weighted by Gasteiger charge is 2.03. The van der Waals surface area contributed by atoms with Gasteiger partial charge in [-0.15, -0.1) is 0 Å². The van der Waals surface area contributed by atoms with Crippen molar-refractivity contribution in [2.24, 2.45) is 0 Å². The molecule has 0 atom stereocenters. The molecular formula is C31H56O3. The molecule has 0 spiro atoms. The van der Waals surface area contributed by atoms with Crippen molar-refractivity contribution in [2.45, 2.75) is 142 Å². The SMILES string of the molecule is CCC=CCC=CCC=CCCCCCCCCOC(=O)OCCCCCCCCCCCC. The van der Waals surface area contributed by atoms with Crippen molar-refractivity contribution in [1.82, 2.24) is 0 Å². The molecule has 0 unspecified atom stereocenters. The summed E-state index contributed by atoms with van der Waals surface area (Å²) in [6, 6.07) is 0. The Kier molecular flexibility index (Phi) is 28.2. The minimum absolute atomic E-state index is 0.487. The first-order valence-electron chi connectivity index (χ1n) is 14.6. The fourth-order valence-corrected chi connectivity index (χ4v) is 3.84. The first-order chi connectivity index (χ1) is 16.8. The van der Waals surface area contributed by atoms with E-state index in [1.807, 2.05) is 0 Å². The monoisotopic (exact) mass is 476 g/mol. The second-order valence-corrected chi connectivity index (χ2v) is 9.33. The van der Waals surface area contributed by atoms with Gasteiger partial charge in [0.2, 0.25) is 0 Å². The van der Waals surface area contributed by atoms with E-state index in [-0.39, 0.29) is 0 Å². The summed E-state index contributed by atoms with van der Waals surface area (Å²) in [4.78, 5) is 11.6. The maximum absolute atomic E-state index is 11.6. The molecule has 0 heterocycles. The molecule has 34 heavy (non-hydrogen) atoms. The Morgan fingerprint density at radius 1 is 0.500 bits per heavy atom. The second kappa shape index (κ2) is 29.5. The predicted molar refractivity (Wildman–Crippen MR) is 148 cm³/mol. The maximum Gasteiger partial charge on any atom is 0.508 e. The van der Waals surface area contributed by atoms with Gasteiger partial charge in [-0.2, -0.15) is 0 Å². The molecule has 0 radical (unpaired) electrons. The zero-order valence-electron chi connectivity index (χ0n) is 22.7. The molecule has 0 saturated heterocycles. The molecule has 0 aliphatic heterocycles. The smallest absolute Gasteiger partial charge is 0.434 e. The molecule has 0 aliphatic carbocycles. The van der Waals surface area contributed by atoms with E-state index in [0.717, 1.165) is 44.9 Å². The summed E-state index contributed by atoms with van der Waals surface area (Å²) in [5, 5.41) is 0. The van der Waals surface area contributed by atoms with Crippen LogP contribution in [0, 0.1) is 0 Å². The minimum atomic E-state index is -0.491. The summed E-state index contributed by atoms with van der Waals surface area (Å²) in [5.74, 6) is 0. The Hall–Kier alpha value is -1.51. The molecule has 0 bridgehead atoms. The van der Waals surface area contributed by atoms with Crippen LogP contribution in [0.3, 0.4) is 0 Å². The van der Waals surface area contributed by atoms with Crippen LogP contribution < -0.4 is 0 Å². The van der Waals surface area contributed by atoms with Crippen LogP contribution in [0.5, 0.6) is 0 Å². The third-order valence-electron chi connectivity index (χ3n) is 5.98. The Labute approximate surface area is 212 Å². The average molecular weight is 477 g/mol. The van der Waals surface area contributed by atoms with E-state index in [2.05, 4.69) is 50.3 Å². The minimum Gasteiger partial charge on any atom is -0.434 e. The van der Waals surface area contributed by atoms with Gasteiger partial charge in [-0.25, -0.2) is 4.79 Å². The fraction of sp³-hybridized carbons (Fsp3) is 0.774. The van der Waals surface area contributed by atoms with E-state index in [1.165, 1.54) is 83.5 Å². The standard InChI is InChI=1S/C31H56O3/c1-3-5-7-9-11-13-15-16-17-18-19-20-22-24-26-28-30-34-31(32)33-29-27-25-23-21-14-12-10-8-6-4-2/h5,7,11,13,16-17H,3-4,6,8-10,12,14-15,18-30H2,1-2H3. The molecule has 0 aromatic heterocycles. The summed E-state index contributed by atoms with van der Waals surface area (Å²) >= 11 is 0. The van der Waals surface area contributed by atoms with Crippen LogP contribution >= 0.6 is 0 Å². The summed E-state index contributed by atoms with van der Waals surface area (Å²) < 4.78 is 10.3. The van der Waals surface area contributed by atoms with Gasteiger partial charge in [0.25, 0.3) is 0 Å². The lowest BCUT2D eigenvalue weighted by Crippen LogP contribution is -2.09. The molecule has 0 saturated carbocycles. The first kappa shape index (κ1) is 32.5. The molecule has 0 N–H and O–H groups in total. The Morgan fingerprint density at radius 2 is 0.912 bits per heavy atom. The molecule has 3 heteroatoms. The number of allylic oxidation sites excluding steroid dienone is 6. The van der Waals surface area contributed by atoms with Gasteiger partial charge in [0.15, 0.2) is 0 Å². The van der Waals surface area contributed by atoms with Gasteiger partial charge in [-0.1, -0.05) is 134 Å². The maximum atomic E-state index is 11.6. The van der Waals surface area contributed by atoms with Crippen molar-refractivity contribution in [3.63, 3.8) is 0 Å². The van der Waals surface area contributed by atoms with E-state index >= 15 is 0 Å². The van der Waals surface area contributed by atoms with Crippen molar-refractivity contribution < 1.29 is 14.3 Å². The summed E-state index contributed by atoms with van der Waals surface area (Å²) in [6.07, 6.45) is 37.3. The third kappa shape index (κ3) is 28.5. The van der Waals surface area contributed by atoms with Crippen LogP contribution in [0.15, 0.2) is 36.5 Å². The number of rotatable bonds is 25. The van der Waals surface area contributed by atoms with Gasteiger partial charge in [0.1, 0.15) is 0 Å². The van der Waals surface area contributed by atoms with E-state index < -0.39 is 6.16 Å². The fourth-order valence-electron chi connectivity index (χ4n) is 3.84. The summed E-state index contributed by atoms with van der Waals surface area (Å²) in [7, 11) is 0. The van der Waals surface area contributed by atoms with Gasteiger partial charge < -0.3 is 9.47 Å². The second-order valence-electron chi connectivity index (χ2n) is 9.33. The first-order valence-corrected chi connectivity index (χ1v) is 14.6. The predicted octanol–water partition coefficient (Wildman–Crippen LogP) is 10.6. The van der Waals surface area contributed by atoms with Gasteiger partial charge in [-0.05, 0) is 44.9 Å². The molecule has 0 fully saturated rings. The van der Waals surface area contributed by atoms with E-state index in [1.54, 1.807) is 0 Å². The lowest BCUT2D eigenvalue weighted by molar-refractivity contribution is 0.0529. The molecule has 0 aromatic rings. The summed E-state index contributed by atoms with van der Waals surface area (Å²) in [5.41, 5.74) is 0. The third-order valence-corrected chi connectivity index (χ3v) is 5.98. The topological polar surface area (TPSA) is 35.5 Å². The lowest BCUT2D eigenvalue weighted by atomic mass is 10.1. The quantitative estimate of drug-likeness (QED) is 0.0746. The number of carbonyl (C=O) groups excluding carboxylic acids is 1. The van der Waals surface area contributed by atoms with Crippen molar-refractivity contribution in [3.05, 3.63) is 36.5 Å². The van der Waals surface area contributed by atoms with Crippen LogP contribution in [0.4, 0.5) is 4.79 Å². The highest BCUT2D eigenvalue weighted by Crippen LogP contribution is 2.11. The number of ether oxygens (including phenoxy) is 2. The van der Waals surface area contributed by atoms with E-state index in [9.17, 15) is 4.79 Å². The van der Waals surface area contributed by atoms with Crippen molar-refractivity contribution in [1.29, 1.82) is 0 Å². The van der Waals surface area contributed by atoms with Crippen LogP contribution in [0.25, 0.3) is 0 Å². The zero-order valence-corrected chi connectivity index (χ0v) is 22.7. The van der Waals surface area contributed by atoms with Gasteiger partial charge in [-0.3, -0.25) is 0 Å². The zero-order chi connectivity index (χ0) is 24.8. The summed E-state index contributed by atoms with van der Waals surface area (Å²) in [6.45, 7) is 5.41. The molecule has 0 aliphatic rings. The average Bonchev–Trinajstić information content (AvgIpc) is 2.84. The highest BCUT2D eigenvalue weighted by atomic mass is 16.7. The van der Waals surface area contributed by atoms with Crippen LogP contribution in [-0.4, -0.2) is 19.4 Å². The Bertz CT molecular complexity index is 493. The number of unbranched alkanes of at least 4 members (excludes halogenated alkanes) is 15. The van der Waals surface area contributed by atoms with Gasteiger partial charge >= 0.3 is 6.16 Å². The Morgan fingerprint density at radius 3 is 1.41 bits per heavy atom. The normalized spacial score (nSPS) is 11.8. The van der Waals surface area contributed by atoms with E-state index in [4.69, 9.17) is 9.47 Å². The molecule has 0 rings (SSSR count). The number of carbonyl (C=O) groups is 1. The van der Waals surface area contributed by atoms with Crippen LogP contribution in [0.2, 0.25) is 0 Å². The number of hydrogen-bond acceptors (Lipinski definition) is 3. The highest BCUT2D eigenvalue weighted by molar-refractivity contribution is 5.59. The molecule has 198 valence electrons. The van der Waals surface area contributed by atoms with Crippen molar-refractivity contribution >= 4 is 6.16 Å². The molecule has 0 aromatic carbocycles. The number of hydrogen-bond donors (Lipinski definition) is 0. The molecular weight excluding hydrogens is 420 g/mol.